The SMILES string of the molecule is CN(C)C(CC(C)(C)C(=O)O)c1ccncc1. The maximum atomic E-state index is 11.2. The van der Waals surface area contributed by atoms with Crippen molar-refractivity contribution in [2.75, 3.05) is 14.1 Å². The van der Waals surface area contributed by atoms with Gasteiger partial charge in [-0.25, -0.2) is 0 Å². The van der Waals surface area contributed by atoms with Crippen molar-refractivity contribution in [3.8, 4) is 0 Å². The molecule has 0 saturated carbocycles. The molecule has 1 aromatic heterocycles. The molecule has 0 aliphatic rings. The van der Waals surface area contributed by atoms with Crippen LogP contribution in [0.25, 0.3) is 0 Å². The van der Waals surface area contributed by atoms with Crippen LogP contribution in [0.3, 0.4) is 0 Å². The highest BCUT2D eigenvalue weighted by molar-refractivity contribution is 5.73. The second-order valence-electron chi connectivity index (χ2n) is 5.15. The first kappa shape index (κ1) is 13.6. The van der Waals surface area contributed by atoms with Gasteiger partial charge >= 0.3 is 5.97 Å². The molecule has 1 unspecified atom stereocenters. The molecule has 1 aromatic rings. The van der Waals surface area contributed by atoms with E-state index in [1.165, 1.54) is 0 Å². The number of hydrogen-bond donors (Lipinski definition) is 1. The first-order valence-corrected chi connectivity index (χ1v) is 5.64. The van der Waals surface area contributed by atoms with Gasteiger partial charge in [0.15, 0.2) is 0 Å². The monoisotopic (exact) mass is 236 g/mol. The minimum atomic E-state index is -0.765. The van der Waals surface area contributed by atoms with E-state index >= 15 is 0 Å². The molecule has 0 fully saturated rings. The molecular weight excluding hydrogens is 216 g/mol. The highest BCUT2D eigenvalue weighted by Gasteiger charge is 2.32. The fraction of sp³-hybridized carbons (Fsp3) is 0.538. The summed E-state index contributed by atoms with van der Waals surface area (Å²) in [6.45, 7) is 3.51. The number of carboxylic acid groups (broad SMARTS) is 1. The molecule has 0 aliphatic carbocycles. The molecule has 0 aliphatic heterocycles. The van der Waals surface area contributed by atoms with Crippen LogP contribution in [0, 0.1) is 5.41 Å². The number of aromatic nitrogens is 1. The van der Waals surface area contributed by atoms with Gasteiger partial charge in [0.2, 0.25) is 0 Å². The minimum Gasteiger partial charge on any atom is -0.481 e. The highest BCUT2D eigenvalue weighted by atomic mass is 16.4. The van der Waals surface area contributed by atoms with Gasteiger partial charge in [0.1, 0.15) is 0 Å². The summed E-state index contributed by atoms with van der Waals surface area (Å²) in [5.74, 6) is -0.765. The Morgan fingerprint density at radius 2 is 1.94 bits per heavy atom. The number of carbonyl (C=O) groups is 1. The average molecular weight is 236 g/mol. The number of pyridine rings is 1. The summed E-state index contributed by atoms with van der Waals surface area (Å²) >= 11 is 0. The van der Waals surface area contributed by atoms with Crippen LogP contribution in [-0.2, 0) is 4.79 Å². The van der Waals surface area contributed by atoms with Crippen LogP contribution in [-0.4, -0.2) is 35.1 Å². The van der Waals surface area contributed by atoms with Gasteiger partial charge in [-0.1, -0.05) is 0 Å². The van der Waals surface area contributed by atoms with Crippen molar-refractivity contribution in [1.29, 1.82) is 0 Å². The van der Waals surface area contributed by atoms with E-state index in [2.05, 4.69) is 4.98 Å². The van der Waals surface area contributed by atoms with Crippen LogP contribution in [0.15, 0.2) is 24.5 Å². The Hall–Kier alpha value is -1.42. The highest BCUT2D eigenvalue weighted by Crippen LogP contribution is 2.32. The van der Waals surface area contributed by atoms with E-state index < -0.39 is 11.4 Å². The van der Waals surface area contributed by atoms with Gasteiger partial charge in [-0.15, -0.1) is 0 Å². The summed E-state index contributed by atoms with van der Waals surface area (Å²) < 4.78 is 0. The third kappa shape index (κ3) is 3.53. The first-order chi connectivity index (χ1) is 7.84. The van der Waals surface area contributed by atoms with Gasteiger partial charge in [0.05, 0.1) is 5.41 Å². The third-order valence-corrected chi connectivity index (χ3v) is 3.00. The van der Waals surface area contributed by atoms with Gasteiger partial charge < -0.3 is 10.0 Å². The molecule has 1 rings (SSSR count). The van der Waals surface area contributed by atoms with Crippen LogP contribution >= 0.6 is 0 Å². The standard InChI is InChI=1S/C13H20N2O2/c1-13(2,12(16)17)9-11(15(3)4)10-5-7-14-8-6-10/h5-8,11H,9H2,1-4H3,(H,16,17). The molecule has 0 radical (unpaired) electrons. The second-order valence-corrected chi connectivity index (χ2v) is 5.15. The molecule has 17 heavy (non-hydrogen) atoms. The van der Waals surface area contributed by atoms with E-state index in [1.807, 2.05) is 31.1 Å². The summed E-state index contributed by atoms with van der Waals surface area (Å²) in [6.07, 6.45) is 4.04. The van der Waals surface area contributed by atoms with Crippen molar-refractivity contribution in [1.82, 2.24) is 9.88 Å². The molecule has 1 atom stereocenters. The van der Waals surface area contributed by atoms with Gasteiger partial charge in [-0.05, 0) is 52.1 Å². The van der Waals surface area contributed by atoms with Crippen molar-refractivity contribution < 1.29 is 9.90 Å². The molecule has 0 saturated heterocycles. The predicted octanol–water partition coefficient (Wildman–Crippen LogP) is 2.19. The van der Waals surface area contributed by atoms with Gasteiger partial charge in [-0.2, -0.15) is 0 Å². The summed E-state index contributed by atoms with van der Waals surface area (Å²) in [6, 6.07) is 3.95. The average Bonchev–Trinajstić information content (AvgIpc) is 2.26. The lowest BCUT2D eigenvalue weighted by atomic mass is 9.83. The predicted molar refractivity (Wildman–Crippen MR) is 66.7 cm³/mol. The van der Waals surface area contributed by atoms with Crippen LogP contribution in [0.1, 0.15) is 31.9 Å². The number of hydrogen-bond acceptors (Lipinski definition) is 3. The fourth-order valence-corrected chi connectivity index (χ4v) is 1.75. The van der Waals surface area contributed by atoms with Crippen LogP contribution in [0.2, 0.25) is 0 Å². The molecule has 0 amide bonds. The number of rotatable bonds is 5. The van der Waals surface area contributed by atoms with E-state index in [4.69, 9.17) is 0 Å². The number of carboxylic acids is 1. The smallest absolute Gasteiger partial charge is 0.309 e. The molecule has 0 bridgehead atoms. The van der Waals surface area contributed by atoms with Crippen LogP contribution < -0.4 is 0 Å². The van der Waals surface area contributed by atoms with Crippen molar-refractivity contribution in [2.24, 2.45) is 5.41 Å². The van der Waals surface area contributed by atoms with Crippen molar-refractivity contribution in [2.45, 2.75) is 26.3 Å². The molecule has 4 heteroatoms. The van der Waals surface area contributed by atoms with Gasteiger partial charge in [0.25, 0.3) is 0 Å². The minimum absolute atomic E-state index is 0.0871. The molecule has 0 spiro atoms. The summed E-state index contributed by atoms with van der Waals surface area (Å²) in [5.41, 5.74) is 0.359. The lowest BCUT2D eigenvalue weighted by Crippen LogP contribution is -2.31. The first-order valence-electron chi connectivity index (χ1n) is 5.64. The maximum absolute atomic E-state index is 11.2. The quantitative estimate of drug-likeness (QED) is 0.851. The number of nitrogens with zero attached hydrogens (tertiary/aromatic N) is 2. The zero-order valence-electron chi connectivity index (χ0n) is 10.8. The van der Waals surface area contributed by atoms with Crippen molar-refractivity contribution >= 4 is 5.97 Å². The summed E-state index contributed by atoms with van der Waals surface area (Å²) in [5, 5.41) is 9.19. The Balaban J connectivity index is 2.93. The van der Waals surface area contributed by atoms with E-state index in [0.717, 1.165) is 5.56 Å². The van der Waals surface area contributed by atoms with Gasteiger partial charge in [0, 0.05) is 18.4 Å². The molecule has 1 heterocycles. The van der Waals surface area contributed by atoms with E-state index in [-0.39, 0.29) is 6.04 Å². The number of aliphatic carboxylic acids is 1. The largest absolute Gasteiger partial charge is 0.481 e. The molecule has 0 aromatic carbocycles. The normalized spacial score (nSPS) is 13.7. The third-order valence-electron chi connectivity index (χ3n) is 3.00. The summed E-state index contributed by atoms with van der Waals surface area (Å²) in [4.78, 5) is 17.2. The lowest BCUT2D eigenvalue weighted by Gasteiger charge is -2.31. The van der Waals surface area contributed by atoms with Crippen molar-refractivity contribution in [3.05, 3.63) is 30.1 Å². The molecule has 94 valence electrons. The zero-order chi connectivity index (χ0) is 13.1. The second kappa shape index (κ2) is 5.27. The van der Waals surface area contributed by atoms with Crippen LogP contribution in [0.5, 0.6) is 0 Å². The molecule has 1 N–H and O–H groups in total. The van der Waals surface area contributed by atoms with Crippen LogP contribution in [0.4, 0.5) is 0 Å². The Kier molecular flexibility index (Phi) is 4.23. The Morgan fingerprint density at radius 1 is 1.41 bits per heavy atom. The fourth-order valence-electron chi connectivity index (χ4n) is 1.75. The Labute approximate surface area is 102 Å². The summed E-state index contributed by atoms with van der Waals surface area (Å²) in [7, 11) is 3.92. The molecule has 4 nitrogen and oxygen atoms in total. The lowest BCUT2D eigenvalue weighted by molar-refractivity contribution is -0.148. The Morgan fingerprint density at radius 3 is 2.35 bits per heavy atom. The zero-order valence-corrected chi connectivity index (χ0v) is 10.8. The topological polar surface area (TPSA) is 53.4 Å². The van der Waals surface area contributed by atoms with E-state index in [0.29, 0.717) is 6.42 Å². The molecular formula is C13H20N2O2. The Bertz CT molecular complexity index is 374. The maximum Gasteiger partial charge on any atom is 0.309 e. The van der Waals surface area contributed by atoms with Gasteiger partial charge in [-0.3, -0.25) is 9.78 Å². The van der Waals surface area contributed by atoms with E-state index in [9.17, 15) is 9.90 Å². The van der Waals surface area contributed by atoms with Crippen molar-refractivity contribution in [3.63, 3.8) is 0 Å². The van der Waals surface area contributed by atoms with E-state index in [1.54, 1.807) is 26.2 Å².